The molecule has 3 amide bonds. The second-order valence-corrected chi connectivity index (χ2v) is 9.37. The van der Waals surface area contributed by atoms with E-state index in [4.69, 9.17) is 5.73 Å². The number of hydrogen-bond acceptors (Lipinski definition) is 8. The summed E-state index contributed by atoms with van der Waals surface area (Å²) in [5.41, 5.74) is 8.05. The minimum atomic E-state index is -0.504. The van der Waals surface area contributed by atoms with Gasteiger partial charge in [-0.05, 0) is 69.3 Å². The number of carbonyl (C=O) groups is 3. The van der Waals surface area contributed by atoms with Crippen molar-refractivity contribution in [1.29, 1.82) is 0 Å². The molecular formula is C26H35N7O3S. The molecule has 0 radical (unpaired) electrons. The van der Waals surface area contributed by atoms with Crippen LogP contribution in [0.5, 0.6) is 0 Å². The first kappa shape index (κ1) is 28.0. The van der Waals surface area contributed by atoms with Gasteiger partial charge in [-0.25, -0.2) is 0 Å². The monoisotopic (exact) mass is 525 g/mol. The lowest BCUT2D eigenvalue weighted by molar-refractivity contribution is -0.126. The van der Waals surface area contributed by atoms with Crippen LogP contribution in [0, 0.1) is 0 Å². The van der Waals surface area contributed by atoms with E-state index in [9.17, 15) is 14.4 Å². The van der Waals surface area contributed by atoms with Crippen LogP contribution in [0.4, 0.5) is 5.69 Å². The first-order valence-electron chi connectivity index (χ1n) is 12.4. The summed E-state index contributed by atoms with van der Waals surface area (Å²) < 4.78 is 3.12. The lowest BCUT2D eigenvalue weighted by Crippen LogP contribution is -2.35. The summed E-state index contributed by atoms with van der Waals surface area (Å²) in [5, 5.41) is 5.99. The van der Waals surface area contributed by atoms with Crippen LogP contribution in [0.15, 0.2) is 59.4 Å². The third kappa shape index (κ3) is 8.50. The van der Waals surface area contributed by atoms with Crippen molar-refractivity contribution in [3.05, 3.63) is 70.6 Å². The fraction of sp³-hybridized carbons (Fsp3) is 0.385. The van der Waals surface area contributed by atoms with Crippen LogP contribution in [-0.2, 0) is 16.1 Å². The zero-order valence-corrected chi connectivity index (χ0v) is 22.1. The molecular weight excluding hydrogens is 490 g/mol. The van der Waals surface area contributed by atoms with Crippen LogP contribution in [0.3, 0.4) is 0 Å². The highest BCUT2D eigenvalue weighted by Gasteiger charge is 2.21. The maximum Gasteiger partial charge on any atom is 0.270 e. The Kier molecular flexibility index (Phi) is 10.8. The summed E-state index contributed by atoms with van der Waals surface area (Å²) in [7, 11) is 0. The Morgan fingerprint density at radius 1 is 1.08 bits per heavy atom. The number of pyridine rings is 1. The molecule has 0 saturated carbocycles. The predicted octanol–water partition coefficient (Wildman–Crippen LogP) is 2.28. The molecule has 1 aromatic carbocycles. The molecule has 2 heterocycles. The molecule has 1 fully saturated rings. The van der Waals surface area contributed by atoms with Crippen LogP contribution >= 0.6 is 11.9 Å². The smallest absolute Gasteiger partial charge is 0.270 e. The minimum absolute atomic E-state index is 0.0838. The van der Waals surface area contributed by atoms with Crippen molar-refractivity contribution in [3.8, 4) is 0 Å². The Morgan fingerprint density at radius 3 is 2.43 bits per heavy atom. The molecule has 11 heteroatoms. The van der Waals surface area contributed by atoms with E-state index in [0.29, 0.717) is 30.0 Å². The van der Waals surface area contributed by atoms with Crippen LogP contribution in [0.1, 0.15) is 42.7 Å². The van der Waals surface area contributed by atoms with Crippen LogP contribution in [0.25, 0.3) is 0 Å². The fourth-order valence-electron chi connectivity index (χ4n) is 3.86. The highest BCUT2D eigenvalue weighted by molar-refractivity contribution is 8.04. The van der Waals surface area contributed by atoms with Gasteiger partial charge in [-0.2, -0.15) is 0 Å². The molecule has 1 aliphatic rings. The number of nitrogens with one attached hydrogen (secondary N) is 3. The molecule has 0 atom stereocenters. The highest BCUT2D eigenvalue weighted by Crippen LogP contribution is 2.25. The fourth-order valence-corrected chi connectivity index (χ4v) is 4.78. The Morgan fingerprint density at radius 2 is 1.81 bits per heavy atom. The predicted molar refractivity (Wildman–Crippen MR) is 146 cm³/mol. The second-order valence-electron chi connectivity index (χ2n) is 8.57. The molecule has 198 valence electrons. The lowest BCUT2D eigenvalue weighted by atomic mass is 10.2. The van der Waals surface area contributed by atoms with Crippen LogP contribution in [0.2, 0.25) is 0 Å². The normalized spacial score (nSPS) is 14.0. The number of hydrogen-bond donors (Lipinski definition) is 4. The number of likely N-dealkylation sites (tertiary alicyclic amines) is 1. The first-order valence-corrected chi connectivity index (χ1v) is 13.2. The van der Waals surface area contributed by atoms with Gasteiger partial charge < -0.3 is 30.9 Å². The molecule has 1 saturated heterocycles. The van der Waals surface area contributed by atoms with Crippen molar-refractivity contribution in [2.75, 3.05) is 37.4 Å². The molecule has 0 bridgehead atoms. The van der Waals surface area contributed by atoms with E-state index < -0.39 is 5.91 Å². The van der Waals surface area contributed by atoms with Crippen molar-refractivity contribution in [3.63, 3.8) is 0 Å². The summed E-state index contributed by atoms with van der Waals surface area (Å²) in [4.78, 5) is 45.4. The van der Waals surface area contributed by atoms with Crippen molar-refractivity contribution >= 4 is 35.4 Å². The highest BCUT2D eigenvalue weighted by atomic mass is 32.2. The number of rotatable bonds is 12. The summed E-state index contributed by atoms with van der Waals surface area (Å²) in [6, 6.07) is 12.4. The summed E-state index contributed by atoms with van der Waals surface area (Å²) >= 11 is 1.06. The van der Waals surface area contributed by atoms with Gasteiger partial charge in [0.1, 0.15) is 10.7 Å². The van der Waals surface area contributed by atoms with Gasteiger partial charge in [-0.1, -0.05) is 6.07 Å². The quantitative estimate of drug-likeness (QED) is 0.245. The minimum Gasteiger partial charge on any atom is -0.392 e. The third-order valence-corrected chi connectivity index (χ3v) is 6.87. The van der Waals surface area contributed by atoms with Gasteiger partial charge in [0.25, 0.3) is 11.8 Å². The molecule has 1 aromatic heterocycles. The number of nitrogens with zero attached hydrogens (tertiary/aromatic N) is 3. The zero-order chi connectivity index (χ0) is 26.6. The zero-order valence-electron chi connectivity index (χ0n) is 21.3. The molecule has 5 N–H and O–H groups in total. The summed E-state index contributed by atoms with van der Waals surface area (Å²) in [6.45, 7) is 7.43. The lowest BCUT2D eigenvalue weighted by Gasteiger charge is -2.24. The molecule has 2 aromatic rings. The molecule has 0 spiro atoms. The van der Waals surface area contributed by atoms with E-state index >= 15 is 0 Å². The molecule has 1 aliphatic heterocycles. The topological polar surface area (TPSA) is 133 Å². The molecule has 0 unspecified atom stereocenters. The molecule has 37 heavy (non-hydrogen) atoms. The van der Waals surface area contributed by atoms with E-state index in [1.54, 1.807) is 49.5 Å². The Balaban J connectivity index is 1.61. The first-order chi connectivity index (χ1) is 17.9. The van der Waals surface area contributed by atoms with Crippen molar-refractivity contribution in [2.45, 2.75) is 33.2 Å². The number of nitrogens with two attached hydrogens (primary N) is 1. The summed E-state index contributed by atoms with van der Waals surface area (Å²) in [5.74, 6) is -0.870. The average Bonchev–Trinajstić information content (AvgIpc) is 3.43. The molecule has 10 nitrogen and oxygen atoms in total. The van der Waals surface area contributed by atoms with E-state index in [1.807, 2.05) is 6.07 Å². The van der Waals surface area contributed by atoms with Crippen molar-refractivity contribution < 1.29 is 14.4 Å². The van der Waals surface area contributed by atoms with E-state index in [1.165, 1.54) is 24.7 Å². The van der Waals surface area contributed by atoms with Gasteiger partial charge in [0, 0.05) is 56.0 Å². The van der Waals surface area contributed by atoms with Gasteiger partial charge >= 0.3 is 0 Å². The third-order valence-electron chi connectivity index (χ3n) is 5.90. The largest absolute Gasteiger partial charge is 0.392 e. The van der Waals surface area contributed by atoms with Crippen LogP contribution in [-0.4, -0.2) is 65.2 Å². The van der Waals surface area contributed by atoms with E-state index in [0.717, 1.165) is 31.6 Å². The maximum atomic E-state index is 12.8. The second kappa shape index (κ2) is 14.2. The van der Waals surface area contributed by atoms with Gasteiger partial charge in [0.15, 0.2) is 0 Å². The Hall–Kier alpha value is -3.57. The number of benzene rings is 1. The Labute approximate surface area is 222 Å². The van der Waals surface area contributed by atoms with Gasteiger partial charge in [0.05, 0.1) is 12.2 Å². The number of aromatic nitrogens is 1. The Bertz CT molecular complexity index is 1090. The number of anilines is 1. The summed E-state index contributed by atoms with van der Waals surface area (Å²) in [6.07, 6.45) is 4.09. The van der Waals surface area contributed by atoms with Crippen molar-refractivity contribution in [1.82, 2.24) is 25.4 Å². The van der Waals surface area contributed by atoms with Gasteiger partial charge in [0.2, 0.25) is 5.91 Å². The van der Waals surface area contributed by atoms with Gasteiger partial charge in [-0.15, -0.1) is 0 Å². The number of carbonyl (C=O) groups excluding carboxylic acids is 3. The standard InChI is InChI=1S/C26H35N7O3S/c1-3-33(19(2)34)26(23(27)25(36)30-18-22-8-4-5-13-28-22)37-31-21-11-9-20(10-12-21)24(35)29-14-17-32-15-6-7-16-32/h4-5,8-13,31H,3,6-7,14-18,27H2,1-2H3,(H,29,35)(H,30,36)/b26-23+. The molecule has 3 rings (SSSR count). The average molecular weight is 526 g/mol. The van der Waals surface area contributed by atoms with E-state index in [-0.39, 0.29) is 29.1 Å². The van der Waals surface area contributed by atoms with Crippen LogP contribution < -0.4 is 21.1 Å². The SMILES string of the molecule is CCN(C(C)=O)/C(SNc1ccc(C(=O)NCCN2CCCC2)cc1)=C(\N)C(=O)NCc1ccccn1. The van der Waals surface area contributed by atoms with E-state index in [2.05, 4.69) is 25.2 Å². The maximum absolute atomic E-state index is 12.8. The number of amides is 3. The molecule has 0 aliphatic carbocycles. The van der Waals surface area contributed by atoms with Gasteiger partial charge in [-0.3, -0.25) is 19.4 Å². The van der Waals surface area contributed by atoms with Crippen molar-refractivity contribution in [2.24, 2.45) is 5.73 Å².